The lowest BCUT2D eigenvalue weighted by molar-refractivity contribution is 0.285. The summed E-state index contributed by atoms with van der Waals surface area (Å²) in [5.74, 6) is 0.0583. The number of para-hydroxylation sites is 1. The highest BCUT2D eigenvalue weighted by Gasteiger charge is 2.21. The van der Waals surface area contributed by atoms with Gasteiger partial charge in [0, 0.05) is 11.6 Å². The van der Waals surface area contributed by atoms with Gasteiger partial charge in [-0.25, -0.2) is 4.39 Å². The van der Waals surface area contributed by atoms with E-state index in [-0.39, 0.29) is 11.8 Å². The van der Waals surface area contributed by atoms with Crippen molar-refractivity contribution in [2.45, 2.75) is 31.5 Å². The van der Waals surface area contributed by atoms with Gasteiger partial charge in [0.15, 0.2) is 0 Å². The Morgan fingerprint density at radius 3 is 2.93 bits per heavy atom. The van der Waals surface area contributed by atoms with E-state index in [1.807, 2.05) is 0 Å². The molecule has 2 atom stereocenters. The predicted octanol–water partition coefficient (Wildman–Crippen LogP) is 2.54. The molecule has 1 aromatic carbocycles. The first-order valence-electron chi connectivity index (χ1n) is 5.42. The molecule has 2 nitrogen and oxygen atoms in total. The predicted molar refractivity (Wildman–Crippen MR) is 57.6 cm³/mol. The Morgan fingerprint density at radius 2 is 2.27 bits per heavy atom. The summed E-state index contributed by atoms with van der Waals surface area (Å²) in [5.41, 5.74) is 0.409. The lowest BCUT2D eigenvalue weighted by atomic mass is 10.0. The van der Waals surface area contributed by atoms with E-state index in [2.05, 4.69) is 5.32 Å². The maximum absolute atomic E-state index is 13.8. The fraction of sp³-hybridized carbons (Fsp3) is 0.500. The molecule has 82 valence electrons. The van der Waals surface area contributed by atoms with E-state index >= 15 is 0 Å². The molecule has 0 aromatic heterocycles. The lowest BCUT2D eigenvalue weighted by Gasteiger charge is -2.15. The van der Waals surface area contributed by atoms with Crippen LogP contribution in [0, 0.1) is 0 Å². The van der Waals surface area contributed by atoms with Crippen LogP contribution >= 0.6 is 0 Å². The van der Waals surface area contributed by atoms with Gasteiger partial charge >= 0.3 is 0 Å². The van der Waals surface area contributed by atoms with E-state index in [1.165, 1.54) is 6.07 Å². The molecule has 0 spiro atoms. The van der Waals surface area contributed by atoms with Gasteiger partial charge in [-0.1, -0.05) is 18.2 Å². The highest BCUT2D eigenvalue weighted by atomic mass is 19.1. The van der Waals surface area contributed by atoms with E-state index in [4.69, 9.17) is 0 Å². The Hall–Kier alpha value is -1.09. The molecule has 2 rings (SSSR count). The number of phenols is 1. The molecule has 15 heavy (non-hydrogen) atoms. The summed E-state index contributed by atoms with van der Waals surface area (Å²) in [4.78, 5) is 0. The summed E-state index contributed by atoms with van der Waals surface area (Å²) < 4.78 is 13.8. The standard InChI is InChI=1S/C12H16FNO/c13-11(8-9-4-3-7-14-9)10-5-1-2-6-12(10)15/h1-2,5-6,9,11,14-15H,3-4,7-8H2. The zero-order chi connectivity index (χ0) is 10.7. The van der Waals surface area contributed by atoms with E-state index < -0.39 is 6.17 Å². The van der Waals surface area contributed by atoms with Gasteiger partial charge in [0.05, 0.1) is 0 Å². The fourth-order valence-corrected chi connectivity index (χ4v) is 2.09. The van der Waals surface area contributed by atoms with Crippen LogP contribution in [0.2, 0.25) is 0 Å². The van der Waals surface area contributed by atoms with E-state index in [9.17, 15) is 9.50 Å². The van der Waals surface area contributed by atoms with Gasteiger partial charge in [0.2, 0.25) is 0 Å². The normalized spacial score (nSPS) is 22.9. The fourth-order valence-electron chi connectivity index (χ4n) is 2.09. The molecule has 1 saturated heterocycles. The Morgan fingerprint density at radius 1 is 1.47 bits per heavy atom. The molecule has 3 heteroatoms. The number of halogens is 1. The summed E-state index contributed by atoms with van der Waals surface area (Å²) >= 11 is 0. The van der Waals surface area contributed by atoms with Crippen LogP contribution in [0.3, 0.4) is 0 Å². The van der Waals surface area contributed by atoms with Crippen molar-refractivity contribution in [1.82, 2.24) is 5.32 Å². The molecular weight excluding hydrogens is 193 g/mol. The number of nitrogens with one attached hydrogen (secondary N) is 1. The molecule has 1 fully saturated rings. The Bertz CT molecular complexity index is 323. The summed E-state index contributed by atoms with van der Waals surface area (Å²) in [6.45, 7) is 0.984. The first kappa shape index (κ1) is 10.4. The van der Waals surface area contributed by atoms with Gasteiger partial charge in [-0.3, -0.25) is 0 Å². The Kier molecular flexibility index (Phi) is 3.21. The van der Waals surface area contributed by atoms with E-state index in [1.54, 1.807) is 18.2 Å². The van der Waals surface area contributed by atoms with Crippen LogP contribution in [0.25, 0.3) is 0 Å². The Balaban J connectivity index is 2.00. The minimum Gasteiger partial charge on any atom is -0.508 e. The SMILES string of the molecule is Oc1ccccc1C(F)CC1CCCN1. The van der Waals surface area contributed by atoms with Crippen LogP contribution in [0.4, 0.5) is 4.39 Å². The minimum atomic E-state index is -1.07. The van der Waals surface area contributed by atoms with Crippen LogP contribution in [-0.2, 0) is 0 Å². The topological polar surface area (TPSA) is 32.3 Å². The number of phenolic OH excluding ortho intramolecular Hbond substituents is 1. The Labute approximate surface area is 89.1 Å². The average Bonchev–Trinajstić information content (AvgIpc) is 2.71. The monoisotopic (exact) mass is 209 g/mol. The summed E-state index contributed by atoms with van der Waals surface area (Å²) in [7, 11) is 0. The molecule has 2 unspecified atom stereocenters. The van der Waals surface area contributed by atoms with Gasteiger partial charge in [-0.2, -0.15) is 0 Å². The third-order valence-corrected chi connectivity index (χ3v) is 2.93. The molecule has 2 N–H and O–H groups in total. The van der Waals surface area contributed by atoms with Crippen molar-refractivity contribution >= 4 is 0 Å². The van der Waals surface area contributed by atoms with Crippen molar-refractivity contribution in [1.29, 1.82) is 0 Å². The summed E-state index contributed by atoms with van der Waals surface area (Å²) in [6.07, 6.45) is 1.55. The van der Waals surface area contributed by atoms with Crippen LogP contribution in [0.15, 0.2) is 24.3 Å². The number of alkyl halides is 1. The molecule has 0 radical (unpaired) electrons. The first-order valence-corrected chi connectivity index (χ1v) is 5.42. The van der Waals surface area contributed by atoms with Crippen LogP contribution in [0.5, 0.6) is 5.75 Å². The van der Waals surface area contributed by atoms with E-state index in [0.29, 0.717) is 12.0 Å². The smallest absolute Gasteiger partial charge is 0.130 e. The molecule has 1 aromatic rings. The van der Waals surface area contributed by atoms with Crippen molar-refractivity contribution in [3.05, 3.63) is 29.8 Å². The second-order valence-corrected chi connectivity index (χ2v) is 4.06. The number of aromatic hydroxyl groups is 1. The molecule has 1 aliphatic heterocycles. The molecule has 1 heterocycles. The third kappa shape index (κ3) is 2.48. The van der Waals surface area contributed by atoms with Gasteiger partial charge in [-0.05, 0) is 31.9 Å². The molecule has 0 bridgehead atoms. The number of rotatable bonds is 3. The highest BCUT2D eigenvalue weighted by Crippen LogP contribution is 2.31. The molecule has 0 aliphatic carbocycles. The van der Waals surface area contributed by atoms with Gasteiger partial charge in [0.25, 0.3) is 0 Å². The molecule has 0 amide bonds. The lowest BCUT2D eigenvalue weighted by Crippen LogP contribution is -2.22. The van der Waals surface area contributed by atoms with Crippen molar-refractivity contribution in [2.75, 3.05) is 6.54 Å². The van der Waals surface area contributed by atoms with Crippen molar-refractivity contribution in [2.24, 2.45) is 0 Å². The van der Waals surface area contributed by atoms with E-state index in [0.717, 1.165) is 19.4 Å². The quantitative estimate of drug-likeness (QED) is 0.801. The van der Waals surface area contributed by atoms with Crippen molar-refractivity contribution in [3.8, 4) is 5.75 Å². The second-order valence-electron chi connectivity index (χ2n) is 4.06. The largest absolute Gasteiger partial charge is 0.508 e. The molecule has 1 aliphatic rings. The third-order valence-electron chi connectivity index (χ3n) is 2.93. The van der Waals surface area contributed by atoms with Gasteiger partial charge in [-0.15, -0.1) is 0 Å². The van der Waals surface area contributed by atoms with Gasteiger partial charge in [0.1, 0.15) is 11.9 Å². The summed E-state index contributed by atoms with van der Waals surface area (Å²) in [5, 5.41) is 12.7. The summed E-state index contributed by atoms with van der Waals surface area (Å²) in [6, 6.07) is 6.90. The minimum absolute atomic E-state index is 0.0583. The van der Waals surface area contributed by atoms with Crippen molar-refractivity contribution in [3.63, 3.8) is 0 Å². The maximum Gasteiger partial charge on any atom is 0.130 e. The van der Waals surface area contributed by atoms with Crippen LogP contribution < -0.4 is 5.32 Å². The number of benzene rings is 1. The molecular formula is C12H16FNO. The first-order chi connectivity index (χ1) is 7.27. The number of hydrogen-bond donors (Lipinski definition) is 2. The zero-order valence-electron chi connectivity index (χ0n) is 8.62. The zero-order valence-corrected chi connectivity index (χ0v) is 8.62. The number of hydrogen-bond acceptors (Lipinski definition) is 2. The second kappa shape index (κ2) is 4.62. The van der Waals surface area contributed by atoms with Crippen molar-refractivity contribution < 1.29 is 9.50 Å². The molecule has 0 saturated carbocycles. The highest BCUT2D eigenvalue weighted by molar-refractivity contribution is 5.33. The maximum atomic E-state index is 13.8. The average molecular weight is 209 g/mol. The van der Waals surface area contributed by atoms with Gasteiger partial charge < -0.3 is 10.4 Å². The van der Waals surface area contributed by atoms with Crippen LogP contribution in [0.1, 0.15) is 31.0 Å². The van der Waals surface area contributed by atoms with Crippen LogP contribution in [-0.4, -0.2) is 17.7 Å².